The number of likely N-dealkylation sites (tertiary alicyclic amines) is 2. The predicted octanol–water partition coefficient (Wildman–Crippen LogP) is 3.41. The number of hydrogen-bond donors (Lipinski definition) is 2. The molecule has 7 nitrogen and oxygen atoms in total. The minimum absolute atomic E-state index is 0. The van der Waals surface area contributed by atoms with E-state index in [-0.39, 0.29) is 35.9 Å². The number of rotatable bonds is 8. The molecule has 180 valence electrons. The molecule has 1 aromatic carbocycles. The number of ether oxygens (including phenoxy) is 1. The van der Waals surface area contributed by atoms with Gasteiger partial charge in [-0.05, 0) is 69.8 Å². The van der Waals surface area contributed by atoms with Gasteiger partial charge in [-0.3, -0.25) is 14.7 Å². The van der Waals surface area contributed by atoms with Crippen LogP contribution in [-0.4, -0.2) is 74.6 Å². The lowest BCUT2D eigenvalue weighted by molar-refractivity contribution is -0.134. The van der Waals surface area contributed by atoms with Gasteiger partial charge in [-0.2, -0.15) is 0 Å². The van der Waals surface area contributed by atoms with Crippen molar-refractivity contribution in [2.45, 2.75) is 57.5 Å². The van der Waals surface area contributed by atoms with Gasteiger partial charge in [0, 0.05) is 39.1 Å². The van der Waals surface area contributed by atoms with E-state index in [4.69, 9.17) is 4.74 Å². The van der Waals surface area contributed by atoms with Gasteiger partial charge < -0.3 is 20.3 Å². The highest BCUT2D eigenvalue weighted by Crippen LogP contribution is 2.27. The Balaban J connectivity index is 0.00000363. The number of halogens is 1. The fourth-order valence-electron chi connectivity index (χ4n) is 4.67. The van der Waals surface area contributed by atoms with Crippen molar-refractivity contribution in [1.82, 2.24) is 20.4 Å². The summed E-state index contributed by atoms with van der Waals surface area (Å²) >= 11 is 0. The van der Waals surface area contributed by atoms with Gasteiger partial charge in [0.25, 0.3) is 0 Å². The van der Waals surface area contributed by atoms with E-state index in [0.717, 1.165) is 50.7 Å². The first-order valence-corrected chi connectivity index (χ1v) is 11.7. The summed E-state index contributed by atoms with van der Waals surface area (Å²) in [4.78, 5) is 21.5. The molecule has 32 heavy (non-hydrogen) atoms. The third kappa shape index (κ3) is 7.50. The lowest BCUT2D eigenvalue weighted by Crippen LogP contribution is -2.45. The number of carbonyl (C=O) groups is 1. The molecule has 2 saturated heterocycles. The van der Waals surface area contributed by atoms with E-state index < -0.39 is 0 Å². The first-order valence-electron chi connectivity index (χ1n) is 11.7. The second-order valence-electron chi connectivity index (χ2n) is 8.60. The van der Waals surface area contributed by atoms with Crippen LogP contribution in [0, 0.1) is 0 Å². The molecule has 2 aliphatic rings. The zero-order valence-corrected chi connectivity index (χ0v) is 22.1. The maximum atomic E-state index is 12.6. The Kier molecular flexibility index (Phi) is 11.6. The van der Waals surface area contributed by atoms with Gasteiger partial charge in [-0.25, -0.2) is 0 Å². The van der Waals surface area contributed by atoms with Gasteiger partial charge in [0.15, 0.2) is 5.96 Å². The van der Waals surface area contributed by atoms with Crippen molar-refractivity contribution < 1.29 is 9.53 Å². The molecule has 0 spiro atoms. The number of benzene rings is 1. The van der Waals surface area contributed by atoms with Crippen molar-refractivity contribution in [2.75, 3.05) is 46.9 Å². The normalized spacial score (nSPS) is 20.4. The maximum Gasteiger partial charge on any atom is 0.224 e. The van der Waals surface area contributed by atoms with Crippen LogP contribution in [0.3, 0.4) is 0 Å². The highest BCUT2D eigenvalue weighted by molar-refractivity contribution is 14.0. The van der Waals surface area contributed by atoms with E-state index in [2.05, 4.69) is 45.6 Å². The molecule has 2 aliphatic heterocycles. The molecule has 0 radical (unpaired) electrons. The van der Waals surface area contributed by atoms with E-state index >= 15 is 0 Å². The number of aliphatic imine (C=N–C) groups is 1. The predicted molar refractivity (Wildman–Crippen MR) is 141 cm³/mol. The van der Waals surface area contributed by atoms with E-state index in [9.17, 15) is 4.79 Å². The second-order valence-corrected chi connectivity index (χ2v) is 8.60. The van der Waals surface area contributed by atoms with Crippen molar-refractivity contribution in [3.63, 3.8) is 0 Å². The molecule has 1 amide bonds. The molecule has 0 saturated carbocycles. The van der Waals surface area contributed by atoms with Gasteiger partial charge in [-0.1, -0.05) is 12.1 Å². The van der Waals surface area contributed by atoms with Gasteiger partial charge in [0.2, 0.25) is 5.91 Å². The fraction of sp³-hybridized carbons (Fsp3) is 0.667. The number of piperidine rings is 1. The summed E-state index contributed by atoms with van der Waals surface area (Å²) in [6, 6.07) is 8.95. The number of amides is 1. The van der Waals surface area contributed by atoms with Crippen LogP contribution >= 0.6 is 24.0 Å². The largest absolute Gasteiger partial charge is 0.497 e. The Morgan fingerprint density at radius 1 is 1.19 bits per heavy atom. The quantitative estimate of drug-likeness (QED) is 0.292. The van der Waals surface area contributed by atoms with Crippen LogP contribution in [0.4, 0.5) is 0 Å². The Morgan fingerprint density at radius 2 is 1.94 bits per heavy atom. The second kappa shape index (κ2) is 13.9. The summed E-state index contributed by atoms with van der Waals surface area (Å²) in [5.74, 6) is 1.86. The third-order valence-electron chi connectivity index (χ3n) is 6.50. The van der Waals surface area contributed by atoms with Crippen molar-refractivity contribution in [3.8, 4) is 5.75 Å². The maximum absolute atomic E-state index is 12.6. The van der Waals surface area contributed by atoms with Crippen LogP contribution in [0.1, 0.15) is 57.1 Å². The number of nitrogens with one attached hydrogen (secondary N) is 2. The number of nitrogens with zero attached hydrogens (tertiary/aromatic N) is 3. The molecule has 0 aliphatic carbocycles. The van der Waals surface area contributed by atoms with Crippen LogP contribution in [0.5, 0.6) is 5.75 Å². The van der Waals surface area contributed by atoms with E-state index in [1.165, 1.54) is 24.8 Å². The summed E-state index contributed by atoms with van der Waals surface area (Å²) in [6.45, 7) is 6.61. The fourth-order valence-corrected chi connectivity index (χ4v) is 4.67. The topological polar surface area (TPSA) is 69.2 Å². The Bertz CT molecular complexity index is 739. The van der Waals surface area contributed by atoms with Crippen LogP contribution in [-0.2, 0) is 4.79 Å². The summed E-state index contributed by atoms with van der Waals surface area (Å²) in [6.07, 6.45) is 6.44. The van der Waals surface area contributed by atoms with Crippen molar-refractivity contribution in [2.24, 2.45) is 4.99 Å². The first kappa shape index (κ1) is 26.7. The first-order chi connectivity index (χ1) is 15.1. The van der Waals surface area contributed by atoms with Crippen LogP contribution in [0.2, 0.25) is 0 Å². The molecule has 2 fully saturated rings. The Hall–Kier alpha value is -1.55. The molecule has 2 heterocycles. The van der Waals surface area contributed by atoms with Crippen molar-refractivity contribution in [3.05, 3.63) is 29.8 Å². The van der Waals surface area contributed by atoms with E-state index in [1.807, 2.05) is 11.0 Å². The molecular weight excluding hydrogens is 517 g/mol. The lowest BCUT2D eigenvalue weighted by atomic mass is 10.0. The summed E-state index contributed by atoms with van der Waals surface area (Å²) in [5, 5.41) is 6.80. The van der Waals surface area contributed by atoms with Crippen molar-refractivity contribution >= 4 is 35.8 Å². The van der Waals surface area contributed by atoms with Gasteiger partial charge in [0.1, 0.15) is 5.75 Å². The molecule has 2 atom stereocenters. The SMILES string of the molecule is CN=C(NCCC(=O)N1CCCCC1C)NCC(c1cccc(OC)c1)N1CCCC1.I. The summed E-state index contributed by atoms with van der Waals surface area (Å²) in [5.41, 5.74) is 1.25. The van der Waals surface area contributed by atoms with Gasteiger partial charge in [-0.15, -0.1) is 24.0 Å². The molecule has 2 N–H and O–H groups in total. The Labute approximate surface area is 210 Å². The number of hydrogen-bond acceptors (Lipinski definition) is 4. The molecule has 1 aromatic rings. The zero-order valence-electron chi connectivity index (χ0n) is 19.8. The zero-order chi connectivity index (χ0) is 22.1. The van der Waals surface area contributed by atoms with E-state index in [1.54, 1.807) is 14.2 Å². The van der Waals surface area contributed by atoms with Gasteiger partial charge >= 0.3 is 0 Å². The number of guanidine groups is 1. The third-order valence-corrected chi connectivity index (χ3v) is 6.50. The van der Waals surface area contributed by atoms with Crippen LogP contribution in [0.25, 0.3) is 0 Å². The highest BCUT2D eigenvalue weighted by Gasteiger charge is 2.25. The van der Waals surface area contributed by atoms with Gasteiger partial charge in [0.05, 0.1) is 13.2 Å². The lowest BCUT2D eigenvalue weighted by Gasteiger charge is -2.33. The highest BCUT2D eigenvalue weighted by atomic mass is 127. The molecular formula is C24H40IN5O2. The average Bonchev–Trinajstić information content (AvgIpc) is 3.33. The Morgan fingerprint density at radius 3 is 2.62 bits per heavy atom. The van der Waals surface area contributed by atoms with Crippen molar-refractivity contribution in [1.29, 1.82) is 0 Å². The average molecular weight is 558 g/mol. The van der Waals surface area contributed by atoms with Crippen LogP contribution in [0.15, 0.2) is 29.3 Å². The minimum Gasteiger partial charge on any atom is -0.497 e. The molecule has 8 heteroatoms. The smallest absolute Gasteiger partial charge is 0.224 e. The number of carbonyl (C=O) groups excluding carboxylic acids is 1. The summed E-state index contributed by atoms with van der Waals surface area (Å²) < 4.78 is 5.44. The van der Waals surface area contributed by atoms with Crippen LogP contribution < -0.4 is 15.4 Å². The summed E-state index contributed by atoms with van der Waals surface area (Å²) in [7, 11) is 3.49. The minimum atomic E-state index is 0. The standard InChI is InChI=1S/C24H39N5O2.HI/c1-19-9-4-5-16-29(19)23(30)12-13-26-24(25-2)27-18-22(28-14-6-7-15-28)20-10-8-11-21(17-20)31-3;/h8,10-11,17,19,22H,4-7,9,12-16,18H2,1-3H3,(H2,25,26,27);1H. The molecule has 0 bridgehead atoms. The molecule has 3 rings (SSSR count). The number of methoxy groups -OCH3 is 1. The van der Waals surface area contributed by atoms with E-state index in [0.29, 0.717) is 19.0 Å². The monoisotopic (exact) mass is 557 g/mol. The molecule has 0 aromatic heterocycles. The molecule has 2 unspecified atom stereocenters.